The maximum Gasteiger partial charge on any atom is 0.137 e. The van der Waals surface area contributed by atoms with Gasteiger partial charge in [0.1, 0.15) is 24.3 Å². The number of rotatable bonds is 8. The summed E-state index contributed by atoms with van der Waals surface area (Å²) >= 11 is 0. The molecular weight excluding hydrogens is 328 g/mol. The number of hydrogen-bond donors (Lipinski definition) is 1. The van der Waals surface area contributed by atoms with E-state index in [-0.39, 0.29) is 5.92 Å². The number of morpholine rings is 1. The molecule has 0 radical (unpaired) electrons. The molecular formula is C17H23F2N5O. The number of benzene rings is 1. The molecule has 2 aromatic rings. The van der Waals surface area contributed by atoms with Crippen molar-refractivity contribution in [3.8, 4) is 0 Å². The SMILES string of the molecule is Fc1ccc(C(CNCCN2CCOCC2)Cn2cncn2)c(F)c1. The van der Waals surface area contributed by atoms with Crippen molar-refractivity contribution in [2.24, 2.45) is 0 Å². The van der Waals surface area contributed by atoms with Gasteiger partial charge in [-0.1, -0.05) is 6.07 Å². The van der Waals surface area contributed by atoms with Crippen LogP contribution in [0.1, 0.15) is 11.5 Å². The van der Waals surface area contributed by atoms with Crippen molar-refractivity contribution in [3.05, 3.63) is 48.1 Å². The first kappa shape index (κ1) is 17.9. The first-order valence-corrected chi connectivity index (χ1v) is 8.50. The van der Waals surface area contributed by atoms with Gasteiger partial charge in [0, 0.05) is 44.7 Å². The van der Waals surface area contributed by atoms with Crippen molar-refractivity contribution in [2.75, 3.05) is 45.9 Å². The van der Waals surface area contributed by atoms with Crippen LogP contribution in [-0.2, 0) is 11.3 Å². The molecule has 3 rings (SSSR count). The number of aromatic nitrogens is 3. The second-order valence-corrected chi connectivity index (χ2v) is 6.14. The summed E-state index contributed by atoms with van der Waals surface area (Å²) in [6.07, 6.45) is 3.05. The van der Waals surface area contributed by atoms with E-state index in [1.807, 2.05) is 0 Å². The highest BCUT2D eigenvalue weighted by Crippen LogP contribution is 2.21. The lowest BCUT2D eigenvalue weighted by Crippen LogP contribution is -2.41. The van der Waals surface area contributed by atoms with Crippen LogP contribution < -0.4 is 5.32 Å². The van der Waals surface area contributed by atoms with E-state index in [0.717, 1.165) is 45.5 Å². The van der Waals surface area contributed by atoms with Crippen molar-refractivity contribution < 1.29 is 13.5 Å². The maximum atomic E-state index is 14.2. The average molecular weight is 351 g/mol. The van der Waals surface area contributed by atoms with Crippen LogP contribution in [0.2, 0.25) is 0 Å². The average Bonchev–Trinajstić information content (AvgIpc) is 3.12. The van der Waals surface area contributed by atoms with Crippen LogP contribution in [0, 0.1) is 11.6 Å². The van der Waals surface area contributed by atoms with E-state index in [1.54, 1.807) is 11.0 Å². The molecule has 0 aliphatic carbocycles. The smallest absolute Gasteiger partial charge is 0.137 e. The molecule has 1 unspecified atom stereocenters. The standard InChI is InChI=1S/C17H23F2N5O/c18-15-1-2-16(17(19)9-15)14(11-24-13-21-12-22-24)10-20-3-4-23-5-7-25-8-6-23/h1-2,9,12-14,20H,3-8,10-11H2. The van der Waals surface area contributed by atoms with Crippen LogP contribution in [0.4, 0.5) is 8.78 Å². The molecule has 136 valence electrons. The summed E-state index contributed by atoms with van der Waals surface area (Å²) in [5.41, 5.74) is 0.482. The van der Waals surface area contributed by atoms with E-state index in [9.17, 15) is 8.78 Å². The normalized spacial score (nSPS) is 16.9. The minimum atomic E-state index is -0.568. The van der Waals surface area contributed by atoms with E-state index in [4.69, 9.17) is 4.74 Å². The van der Waals surface area contributed by atoms with E-state index in [1.165, 1.54) is 18.5 Å². The van der Waals surface area contributed by atoms with Crippen LogP contribution in [0.15, 0.2) is 30.9 Å². The van der Waals surface area contributed by atoms with Crippen molar-refractivity contribution in [1.82, 2.24) is 25.0 Å². The van der Waals surface area contributed by atoms with Gasteiger partial charge in [-0.05, 0) is 11.6 Å². The third-order valence-corrected chi connectivity index (χ3v) is 4.38. The Morgan fingerprint density at radius 3 is 2.80 bits per heavy atom. The van der Waals surface area contributed by atoms with Crippen LogP contribution >= 0.6 is 0 Å². The number of nitrogens with zero attached hydrogens (tertiary/aromatic N) is 4. The lowest BCUT2D eigenvalue weighted by atomic mass is 9.98. The fourth-order valence-electron chi connectivity index (χ4n) is 3.00. The van der Waals surface area contributed by atoms with Gasteiger partial charge in [-0.3, -0.25) is 9.58 Å². The summed E-state index contributed by atoms with van der Waals surface area (Å²) < 4.78 is 34.4. The summed E-state index contributed by atoms with van der Waals surface area (Å²) in [6, 6.07) is 3.73. The van der Waals surface area contributed by atoms with Crippen molar-refractivity contribution in [2.45, 2.75) is 12.5 Å². The molecule has 0 saturated carbocycles. The zero-order valence-corrected chi connectivity index (χ0v) is 14.1. The fraction of sp³-hybridized carbons (Fsp3) is 0.529. The third kappa shape index (κ3) is 5.29. The second kappa shape index (κ2) is 8.98. The van der Waals surface area contributed by atoms with Crippen LogP contribution in [0.25, 0.3) is 0 Å². The Morgan fingerprint density at radius 2 is 2.08 bits per heavy atom. The van der Waals surface area contributed by atoms with E-state index >= 15 is 0 Å². The quantitative estimate of drug-likeness (QED) is 0.726. The molecule has 0 amide bonds. The molecule has 8 heteroatoms. The summed E-state index contributed by atoms with van der Waals surface area (Å²) in [7, 11) is 0. The fourth-order valence-corrected chi connectivity index (χ4v) is 3.00. The van der Waals surface area contributed by atoms with Gasteiger partial charge in [-0.25, -0.2) is 13.8 Å². The van der Waals surface area contributed by atoms with Crippen LogP contribution in [0.5, 0.6) is 0 Å². The molecule has 1 fully saturated rings. The van der Waals surface area contributed by atoms with Crippen molar-refractivity contribution >= 4 is 0 Å². The predicted molar refractivity (Wildman–Crippen MR) is 89.2 cm³/mol. The molecule has 6 nitrogen and oxygen atoms in total. The number of nitrogens with one attached hydrogen (secondary N) is 1. The Hall–Kier alpha value is -1.90. The Labute approximate surface area is 145 Å². The number of halogens is 2. The molecule has 1 atom stereocenters. The van der Waals surface area contributed by atoms with Crippen LogP contribution in [-0.4, -0.2) is 65.6 Å². The highest BCUT2D eigenvalue weighted by Gasteiger charge is 2.18. The summed E-state index contributed by atoms with van der Waals surface area (Å²) in [5.74, 6) is -1.26. The molecule has 0 spiro atoms. The molecule has 1 aromatic carbocycles. The zero-order valence-electron chi connectivity index (χ0n) is 14.1. The van der Waals surface area contributed by atoms with Crippen molar-refractivity contribution in [3.63, 3.8) is 0 Å². The van der Waals surface area contributed by atoms with Gasteiger partial charge in [-0.2, -0.15) is 5.10 Å². The minimum absolute atomic E-state index is 0.160. The molecule has 1 aliphatic rings. The number of hydrogen-bond acceptors (Lipinski definition) is 5. The molecule has 1 saturated heterocycles. The minimum Gasteiger partial charge on any atom is -0.379 e. The largest absolute Gasteiger partial charge is 0.379 e. The van der Waals surface area contributed by atoms with Gasteiger partial charge in [0.05, 0.1) is 19.8 Å². The molecule has 1 N–H and O–H groups in total. The number of ether oxygens (including phenoxy) is 1. The Balaban J connectivity index is 1.58. The van der Waals surface area contributed by atoms with E-state index in [0.29, 0.717) is 18.7 Å². The summed E-state index contributed by atoms with van der Waals surface area (Å²) in [4.78, 5) is 6.26. The maximum absolute atomic E-state index is 14.2. The first-order chi connectivity index (χ1) is 12.2. The summed E-state index contributed by atoms with van der Waals surface area (Å²) in [6.45, 7) is 6.21. The van der Waals surface area contributed by atoms with Gasteiger partial charge in [0.2, 0.25) is 0 Å². The van der Waals surface area contributed by atoms with Crippen molar-refractivity contribution in [1.29, 1.82) is 0 Å². The lowest BCUT2D eigenvalue weighted by molar-refractivity contribution is 0.0384. The molecule has 0 bridgehead atoms. The molecule has 25 heavy (non-hydrogen) atoms. The van der Waals surface area contributed by atoms with Gasteiger partial charge >= 0.3 is 0 Å². The van der Waals surface area contributed by atoms with Gasteiger partial charge in [0.25, 0.3) is 0 Å². The Morgan fingerprint density at radius 1 is 1.24 bits per heavy atom. The Kier molecular flexibility index (Phi) is 6.43. The third-order valence-electron chi connectivity index (χ3n) is 4.38. The monoisotopic (exact) mass is 351 g/mol. The highest BCUT2D eigenvalue weighted by atomic mass is 19.1. The summed E-state index contributed by atoms with van der Waals surface area (Å²) in [5, 5.41) is 7.47. The molecule has 1 aliphatic heterocycles. The molecule has 1 aromatic heterocycles. The van der Waals surface area contributed by atoms with Gasteiger partial charge in [0.15, 0.2) is 0 Å². The lowest BCUT2D eigenvalue weighted by Gasteiger charge is -2.27. The second-order valence-electron chi connectivity index (χ2n) is 6.14. The molecule has 2 heterocycles. The van der Waals surface area contributed by atoms with Gasteiger partial charge in [-0.15, -0.1) is 0 Å². The first-order valence-electron chi connectivity index (χ1n) is 8.50. The van der Waals surface area contributed by atoms with E-state index < -0.39 is 11.6 Å². The zero-order chi connectivity index (χ0) is 17.5. The predicted octanol–water partition coefficient (Wildman–Crippen LogP) is 1.26. The topological polar surface area (TPSA) is 55.2 Å². The van der Waals surface area contributed by atoms with Crippen LogP contribution in [0.3, 0.4) is 0 Å². The highest BCUT2D eigenvalue weighted by molar-refractivity contribution is 5.23. The Bertz CT molecular complexity index is 646. The van der Waals surface area contributed by atoms with Gasteiger partial charge < -0.3 is 10.1 Å². The van der Waals surface area contributed by atoms with E-state index in [2.05, 4.69) is 20.3 Å².